The van der Waals surface area contributed by atoms with Crippen LogP contribution < -0.4 is 10.3 Å². The molecule has 0 spiro atoms. The molecule has 140 valence electrons. The molecule has 1 aromatic heterocycles. The lowest BCUT2D eigenvalue weighted by molar-refractivity contribution is -0.137. The number of alkyl halides is 3. The summed E-state index contributed by atoms with van der Waals surface area (Å²) in [5.74, 6) is -1.52. The summed E-state index contributed by atoms with van der Waals surface area (Å²) in [7, 11) is 3.38. The van der Waals surface area contributed by atoms with Crippen molar-refractivity contribution in [3.8, 4) is 5.69 Å². The molecule has 0 saturated carbocycles. The van der Waals surface area contributed by atoms with Crippen molar-refractivity contribution in [2.45, 2.75) is 6.18 Å². The zero-order chi connectivity index (χ0) is 19.9. The molecule has 27 heavy (non-hydrogen) atoms. The van der Waals surface area contributed by atoms with Crippen LogP contribution in [0.1, 0.15) is 16.1 Å². The number of anilines is 1. The lowest BCUT2D eigenvalue weighted by Crippen LogP contribution is -2.24. The highest BCUT2D eigenvalue weighted by Gasteiger charge is 2.30. The highest BCUT2D eigenvalue weighted by atomic mass is 19.4. The van der Waals surface area contributed by atoms with Crippen LogP contribution in [-0.4, -0.2) is 35.0 Å². The molecule has 0 radical (unpaired) electrons. The number of benzene rings is 2. The van der Waals surface area contributed by atoms with Crippen molar-refractivity contribution in [2.24, 2.45) is 0 Å². The minimum atomic E-state index is -4.50. The minimum absolute atomic E-state index is 0.120. The van der Waals surface area contributed by atoms with E-state index in [1.807, 2.05) is 0 Å². The van der Waals surface area contributed by atoms with Crippen molar-refractivity contribution in [3.05, 3.63) is 63.9 Å². The van der Waals surface area contributed by atoms with Gasteiger partial charge >= 0.3 is 12.1 Å². The van der Waals surface area contributed by atoms with Crippen molar-refractivity contribution in [1.82, 2.24) is 9.78 Å². The average molecular weight is 377 g/mol. The van der Waals surface area contributed by atoms with Crippen molar-refractivity contribution in [2.75, 3.05) is 19.0 Å². The third-order valence-corrected chi connectivity index (χ3v) is 4.01. The van der Waals surface area contributed by atoms with E-state index >= 15 is 0 Å². The standard InChI is InChI=1S/C18H14F3N3O3/c1-23(2)12-4-3-5-13-14(12)16(25)15(17(26)27)22-24(13)11-8-6-10(7-9-11)18(19,20)21/h3-9H,1-2H3,(H,26,27). The molecule has 6 nitrogen and oxygen atoms in total. The lowest BCUT2D eigenvalue weighted by atomic mass is 10.1. The number of hydrogen-bond acceptors (Lipinski definition) is 4. The van der Waals surface area contributed by atoms with Crippen LogP contribution in [0.2, 0.25) is 0 Å². The fraction of sp³-hybridized carbons (Fsp3) is 0.167. The largest absolute Gasteiger partial charge is 0.476 e. The number of carbonyl (C=O) groups is 1. The number of rotatable bonds is 3. The molecule has 0 fully saturated rings. The Kier molecular flexibility index (Phi) is 4.38. The molecular formula is C18H14F3N3O3. The number of carboxylic acids is 1. The van der Waals surface area contributed by atoms with Crippen LogP contribution >= 0.6 is 0 Å². The molecule has 3 aromatic rings. The van der Waals surface area contributed by atoms with E-state index in [0.717, 1.165) is 16.8 Å². The molecule has 1 N–H and O–H groups in total. The Morgan fingerprint density at radius 1 is 1.11 bits per heavy atom. The molecule has 3 rings (SSSR count). The molecule has 0 bridgehead atoms. The van der Waals surface area contributed by atoms with Gasteiger partial charge in [-0.1, -0.05) is 6.07 Å². The summed E-state index contributed by atoms with van der Waals surface area (Å²) in [4.78, 5) is 25.8. The van der Waals surface area contributed by atoms with Gasteiger partial charge in [-0.3, -0.25) is 4.79 Å². The second kappa shape index (κ2) is 6.42. The highest BCUT2D eigenvalue weighted by molar-refractivity contribution is 5.97. The molecule has 1 heterocycles. The Labute approximate surface area is 151 Å². The summed E-state index contributed by atoms with van der Waals surface area (Å²) in [6.07, 6.45) is -4.50. The summed E-state index contributed by atoms with van der Waals surface area (Å²) in [5.41, 5.74) is -1.35. The van der Waals surface area contributed by atoms with Gasteiger partial charge in [-0.2, -0.15) is 18.3 Å². The van der Waals surface area contributed by atoms with E-state index in [1.165, 1.54) is 12.1 Å². The van der Waals surface area contributed by atoms with E-state index < -0.39 is 28.8 Å². The van der Waals surface area contributed by atoms with E-state index in [0.29, 0.717) is 5.69 Å². The molecule has 0 atom stereocenters. The van der Waals surface area contributed by atoms with Gasteiger partial charge in [0, 0.05) is 19.8 Å². The lowest BCUT2D eigenvalue weighted by Gasteiger charge is -2.18. The number of aromatic nitrogens is 2. The Morgan fingerprint density at radius 2 is 1.74 bits per heavy atom. The van der Waals surface area contributed by atoms with Gasteiger partial charge < -0.3 is 10.0 Å². The second-order valence-corrected chi connectivity index (χ2v) is 6.01. The van der Waals surface area contributed by atoms with Gasteiger partial charge in [-0.05, 0) is 36.4 Å². The smallest absolute Gasteiger partial charge is 0.416 e. The number of aromatic carboxylic acids is 1. The molecule has 0 unspecified atom stereocenters. The molecule has 0 aliphatic heterocycles. The molecule has 0 aliphatic rings. The first-order valence-electron chi connectivity index (χ1n) is 7.75. The third kappa shape index (κ3) is 3.23. The van der Waals surface area contributed by atoms with E-state index in [9.17, 15) is 27.9 Å². The van der Waals surface area contributed by atoms with Gasteiger partial charge in [-0.25, -0.2) is 9.48 Å². The Balaban J connectivity index is 2.36. The van der Waals surface area contributed by atoms with Crippen molar-refractivity contribution >= 4 is 22.6 Å². The SMILES string of the molecule is CN(C)c1cccc2c1c(=O)c(C(=O)O)nn2-c1ccc(C(F)(F)F)cc1. The predicted molar refractivity (Wildman–Crippen MR) is 93.6 cm³/mol. The first-order valence-corrected chi connectivity index (χ1v) is 7.75. The number of carboxylic acid groups (broad SMARTS) is 1. The Morgan fingerprint density at radius 3 is 2.26 bits per heavy atom. The van der Waals surface area contributed by atoms with Crippen molar-refractivity contribution in [3.63, 3.8) is 0 Å². The topological polar surface area (TPSA) is 75.4 Å². The fourth-order valence-corrected chi connectivity index (χ4v) is 2.76. The maximum Gasteiger partial charge on any atom is 0.416 e. The van der Waals surface area contributed by atoms with Crippen LogP contribution in [0.15, 0.2) is 47.3 Å². The minimum Gasteiger partial charge on any atom is -0.476 e. The number of halogens is 3. The first-order chi connectivity index (χ1) is 12.6. The average Bonchev–Trinajstić information content (AvgIpc) is 2.60. The van der Waals surface area contributed by atoms with Gasteiger partial charge in [0.1, 0.15) is 0 Å². The fourth-order valence-electron chi connectivity index (χ4n) is 2.76. The summed E-state index contributed by atoms with van der Waals surface area (Å²) in [6, 6.07) is 8.95. The van der Waals surface area contributed by atoms with Crippen molar-refractivity contribution < 1.29 is 23.1 Å². The quantitative estimate of drug-likeness (QED) is 0.759. The maximum absolute atomic E-state index is 12.8. The Bertz CT molecular complexity index is 1090. The highest BCUT2D eigenvalue weighted by Crippen LogP contribution is 2.30. The summed E-state index contributed by atoms with van der Waals surface area (Å²) in [6.45, 7) is 0. The molecule has 2 aromatic carbocycles. The first kappa shape index (κ1) is 18.4. The van der Waals surface area contributed by atoms with Crippen LogP contribution in [0.4, 0.5) is 18.9 Å². The second-order valence-electron chi connectivity index (χ2n) is 6.01. The van der Waals surface area contributed by atoms with E-state index in [4.69, 9.17) is 0 Å². The Hall–Kier alpha value is -3.36. The normalized spacial score (nSPS) is 11.6. The van der Waals surface area contributed by atoms with Crippen LogP contribution in [0.5, 0.6) is 0 Å². The third-order valence-electron chi connectivity index (χ3n) is 4.01. The maximum atomic E-state index is 12.8. The van der Waals surface area contributed by atoms with Gasteiger partial charge in [0.05, 0.1) is 22.2 Å². The van der Waals surface area contributed by atoms with E-state index in [1.54, 1.807) is 37.2 Å². The molecule has 0 amide bonds. The number of fused-ring (bicyclic) bond motifs is 1. The van der Waals surface area contributed by atoms with Crippen LogP contribution in [0.25, 0.3) is 16.6 Å². The number of nitrogens with zero attached hydrogens (tertiary/aromatic N) is 3. The molecular weight excluding hydrogens is 363 g/mol. The van der Waals surface area contributed by atoms with Crippen molar-refractivity contribution in [1.29, 1.82) is 0 Å². The van der Waals surface area contributed by atoms with E-state index in [2.05, 4.69) is 5.10 Å². The molecule has 0 aliphatic carbocycles. The summed E-state index contributed by atoms with van der Waals surface area (Å²) in [5, 5.41) is 13.3. The molecule has 9 heteroatoms. The monoisotopic (exact) mass is 377 g/mol. The van der Waals surface area contributed by atoms with Gasteiger partial charge in [-0.15, -0.1) is 0 Å². The van der Waals surface area contributed by atoms with Crippen LogP contribution in [0.3, 0.4) is 0 Å². The van der Waals surface area contributed by atoms with Crippen LogP contribution in [-0.2, 0) is 6.18 Å². The molecule has 0 saturated heterocycles. The summed E-state index contributed by atoms with van der Waals surface area (Å²) >= 11 is 0. The van der Waals surface area contributed by atoms with Gasteiger partial charge in [0.15, 0.2) is 0 Å². The summed E-state index contributed by atoms with van der Waals surface area (Å²) < 4.78 is 39.5. The zero-order valence-electron chi connectivity index (χ0n) is 14.3. The number of hydrogen-bond donors (Lipinski definition) is 1. The zero-order valence-corrected chi connectivity index (χ0v) is 14.3. The predicted octanol–water partition coefficient (Wildman–Crippen LogP) is 3.17. The van der Waals surface area contributed by atoms with Gasteiger partial charge in [0.25, 0.3) is 0 Å². The van der Waals surface area contributed by atoms with E-state index in [-0.39, 0.29) is 16.6 Å². The van der Waals surface area contributed by atoms with Gasteiger partial charge in [0.2, 0.25) is 11.1 Å². The van der Waals surface area contributed by atoms with Crippen LogP contribution in [0, 0.1) is 0 Å².